The largest absolute Gasteiger partial charge is 0.508 e. The summed E-state index contributed by atoms with van der Waals surface area (Å²) in [6.45, 7) is 3.58. The maximum absolute atomic E-state index is 13.3. The quantitative estimate of drug-likeness (QED) is 0.276. The Kier molecular flexibility index (Phi) is 12.0. The van der Waals surface area contributed by atoms with Gasteiger partial charge in [0.15, 0.2) is 0 Å². The molecule has 3 N–H and O–H groups in total. The number of carboxylic acid groups (broad SMARTS) is 1. The van der Waals surface area contributed by atoms with Crippen molar-refractivity contribution in [2.24, 2.45) is 0 Å². The Hall–Kier alpha value is -2.86. The standard InChI is InChI=1S/C24H32O4.CH2O2/c1-3-5-7-12-22(4-2)28-23(27)24(18-25,20-10-8-6-9-11-20)17-19-13-15-21(26)16-14-19;2-1-3/h6,8-11,13-16,22,25-26H,3-5,7,12,17-18H2,1-2H3;1H,(H,2,3). The lowest BCUT2D eigenvalue weighted by molar-refractivity contribution is -0.158. The summed E-state index contributed by atoms with van der Waals surface area (Å²) in [5.74, 6) is -0.222. The summed E-state index contributed by atoms with van der Waals surface area (Å²) in [5, 5.41) is 26.8. The van der Waals surface area contributed by atoms with Gasteiger partial charge < -0.3 is 20.1 Å². The average Bonchev–Trinajstić information content (AvgIpc) is 2.79. The van der Waals surface area contributed by atoms with Crippen LogP contribution >= 0.6 is 0 Å². The number of phenols is 1. The number of carbonyl (C=O) groups is 2. The summed E-state index contributed by atoms with van der Waals surface area (Å²) >= 11 is 0. The van der Waals surface area contributed by atoms with E-state index in [9.17, 15) is 15.0 Å². The fraction of sp³-hybridized carbons (Fsp3) is 0.440. The second-order valence-corrected chi connectivity index (χ2v) is 7.49. The third kappa shape index (κ3) is 8.06. The Bertz CT molecular complexity index is 759. The van der Waals surface area contributed by atoms with Crippen LogP contribution in [0.3, 0.4) is 0 Å². The number of hydrogen-bond donors (Lipinski definition) is 3. The van der Waals surface area contributed by atoms with Gasteiger partial charge in [-0.15, -0.1) is 0 Å². The van der Waals surface area contributed by atoms with E-state index in [4.69, 9.17) is 14.6 Å². The highest BCUT2D eigenvalue weighted by Gasteiger charge is 2.42. The van der Waals surface area contributed by atoms with Gasteiger partial charge in [-0.1, -0.05) is 69.2 Å². The molecule has 0 aliphatic rings. The van der Waals surface area contributed by atoms with E-state index in [1.165, 1.54) is 0 Å². The molecule has 0 bridgehead atoms. The van der Waals surface area contributed by atoms with Gasteiger partial charge >= 0.3 is 5.97 Å². The van der Waals surface area contributed by atoms with Crippen LogP contribution < -0.4 is 0 Å². The van der Waals surface area contributed by atoms with Crippen molar-refractivity contribution in [1.29, 1.82) is 0 Å². The second kappa shape index (κ2) is 14.2. The summed E-state index contributed by atoms with van der Waals surface area (Å²) in [6, 6.07) is 16.1. The number of phenolic OH excluding ortho intramolecular Hbond substituents is 1. The minimum atomic E-state index is -1.17. The fourth-order valence-electron chi connectivity index (χ4n) is 3.46. The second-order valence-electron chi connectivity index (χ2n) is 7.49. The Labute approximate surface area is 184 Å². The molecule has 0 aliphatic heterocycles. The molecule has 0 spiro atoms. The minimum absolute atomic E-state index is 0.145. The first kappa shape index (κ1) is 26.2. The van der Waals surface area contributed by atoms with Crippen LogP contribution in [0.2, 0.25) is 0 Å². The summed E-state index contributed by atoms with van der Waals surface area (Å²) < 4.78 is 5.90. The fourth-order valence-corrected chi connectivity index (χ4v) is 3.46. The molecule has 6 heteroatoms. The number of benzene rings is 2. The van der Waals surface area contributed by atoms with Crippen molar-refractivity contribution in [2.75, 3.05) is 6.61 Å². The molecule has 0 radical (unpaired) electrons. The molecular formula is C25H34O6. The zero-order valence-electron chi connectivity index (χ0n) is 18.4. The van der Waals surface area contributed by atoms with Crippen LogP contribution in [0.15, 0.2) is 54.6 Å². The van der Waals surface area contributed by atoms with Crippen LogP contribution in [-0.4, -0.2) is 40.5 Å². The number of ether oxygens (including phenoxy) is 1. The first-order valence-electron chi connectivity index (χ1n) is 10.7. The Morgan fingerprint density at radius 3 is 2.19 bits per heavy atom. The van der Waals surface area contributed by atoms with Crippen molar-refractivity contribution in [3.05, 3.63) is 65.7 Å². The zero-order chi connectivity index (χ0) is 23.1. The van der Waals surface area contributed by atoms with Gasteiger partial charge in [0.1, 0.15) is 17.3 Å². The van der Waals surface area contributed by atoms with E-state index in [1.54, 1.807) is 24.3 Å². The predicted octanol–water partition coefficient (Wildman–Crippen LogP) is 4.47. The van der Waals surface area contributed by atoms with Gasteiger partial charge in [0, 0.05) is 0 Å². The van der Waals surface area contributed by atoms with E-state index in [0.29, 0.717) is 6.42 Å². The molecule has 0 aromatic heterocycles. The van der Waals surface area contributed by atoms with Crippen molar-refractivity contribution in [3.8, 4) is 5.75 Å². The molecule has 2 unspecified atom stereocenters. The number of aliphatic hydroxyl groups is 1. The average molecular weight is 431 g/mol. The summed E-state index contributed by atoms with van der Waals surface area (Å²) in [5.41, 5.74) is 0.418. The van der Waals surface area contributed by atoms with Crippen LogP contribution in [0.4, 0.5) is 0 Å². The third-order valence-corrected chi connectivity index (χ3v) is 5.29. The molecule has 2 rings (SSSR count). The maximum Gasteiger partial charge on any atom is 0.319 e. The predicted molar refractivity (Wildman–Crippen MR) is 120 cm³/mol. The zero-order valence-corrected chi connectivity index (χ0v) is 18.4. The number of esters is 1. The molecule has 0 fully saturated rings. The van der Waals surface area contributed by atoms with Gasteiger partial charge in [-0.05, 0) is 48.9 Å². The van der Waals surface area contributed by atoms with Gasteiger partial charge in [-0.25, -0.2) is 0 Å². The third-order valence-electron chi connectivity index (χ3n) is 5.29. The van der Waals surface area contributed by atoms with Crippen LogP contribution in [-0.2, 0) is 26.2 Å². The van der Waals surface area contributed by atoms with Gasteiger partial charge in [-0.2, -0.15) is 0 Å². The molecule has 0 heterocycles. The van der Waals surface area contributed by atoms with Gasteiger partial charge in [0.25, 0.3) is 6.47 Å². The first-order valence-corrected chi connectivity index (χ1v) is 10.7. The minimum Gasteiger partial charge on any atom is -0.508 e. The van der Waals surface area contributed by atoms with Gasteiger partial charge in [0.2, 0.25) is 0 Å². The summed E-state index contributed by atoms with van der Waals surface area (Å²) in [4.78, 5) is 21.7. The molecular weight excluding hydrogens is 396 g/mol. The lowest BCUT2D eigenvalue weighted by Crippen LogP contribution is -2.44. The van der Waals surface area contributed by atoms with Gasteiger partial charge in [-0.3, -0.25) is 9.59 Å². The summed E-state index contributed by atoms with van der Waals surface area (Å²) in [6.07, 6.45) is 5.02. The number of aliphatic hydroxyl groups excluding tert-OH is 1. The maximum atomic E-state index is 13.3. The van der Waals surface area contributed by atoms with Crippen molar-refractivity contribution in [1.82, 2.24) is 0 Å². The molecule has 0 aliphatic carbocycles. The van der Waals surface area contributed by atoms with Gasteiger partial charge in [0.05, 0.1) is 6.61 Å². The van der Waals surface area contributed by atoms with Crippen LogP contribution in [0.1, 0.15) is 57.1 Å². The SMILES string of the molecule is CCCCCC(CC)OC(=O)C(CO)(Cc1ccc(O)cc1)c1ccccc1.O=CO. The number of carbonyl (C=O) groups excluding carboxylic acids is 1. The number of rotatable bonds is 11. The highest BCUT2D eigenvalue weighted by molar-refractivity contribution is 5.84. The molecule has 2 atom stereocenters. The molecule has 0 amide bonds. The van der Waals surface area contributed by atoms with Crippen LogP contribution in [0.5, 0.6) is 5.75 Å². The van der Waals surface area contributed by atoms with E-state index < -0.39 is 11.4 Å². The number of unbranched alkanes of at least 4 members (excludes halogenated alkanes) is 2. The Morgan fingerprint density at radius 2 is 1.68 bits per heavy atom. The Balaban J connectivity index is 0.00000151. The smallest absolute Gasteiger partial charge is 0.319 e. The molecule has 0 saturated carbocycles. The normalized spacial score (nSPS) is 13.3. The van der Waals surface area contributed by atoms with Crippen LogP contribution in [0.25, 0.3) is 0 Å². The topological polar surface area (TPSA) is 104 Å². The van der Waals surface area contributed by atoms with Crippen molar-refractivity contribution >= 4 is 12.4 Å². The number of aromatic hydroxyl groups is 1. The molecule has 31 heavy (non-hydrogen) atoms. The molecule has 2 aromatic carbocycles. The van der Waals surface area contributed by atoms with E-state index in [-0.39, 0.29) is 24.9 Å². The lowest BCUT2D eigenvalue weighted by atomic mass is 9.76. The summed E-state index contributed by atoms with van der Waals surface area (Å²) in [7, 11) is 0. The Morgan fingerprint density at radius 1 is 1.06 bits per heavy atom. The van der Waals surface area contributed by atoms with E-state index in [1.807, 2.05) is 37.3 Å². The molecule has 2 aromatic rings. The van der Waals surface area contributed by atoms with Crippen molar-refractivity contribution in [2.45, 2.75) is 63.9 Å². The lowest BCUT2D eigenvalue weighted by Gasteiger charge is -2.32. The van der Waals surface area contributed by atoms with Crippen molar-refractivity contribution < 1.29 is 29.6 Å². The molecule has 6 nitrogen and oxygen atoms in total. The van der Waals surface area contributed by atoms with E-state index in [0.717, 1.165) is 43.2 Å². The first-order chi connectivity index (χ1) is 15.0. The monoisotopic (exact) mass is 430 g/mol. The number of hydrogen-bond acceptors (Lipinski definition) is 5. The van der Waals surface area contributed by atoms with E-state index in [2.05, 4.69) is 6.92 Å². The van der Waals surface area contributed by atoms with Crippen LogP contribution in [0, 0.1) is 0 Å². The van der Waals surface area contributed by atoms with E-state index >= 15 is 0 Å². The molecule has 0 saturated heterocycles. The van der Waals surface area contributed by atoms with Crippen molar-refractivity contribution in [3.63, 3.8) is 0 Å². The highest BCUT2D eigenvalue weighted by Crippen LogP contribution is 2.32. The molecule has 170 valence electrons. The highest BCUT2D eigenvalue weighted by atomic mass is 16.5.